The summed E-state index contributed by atoms with van der Waals surface area (Å²) >= 11 is 0. The molecule has 1 amide bonds. The quantitative estimate of drug-likeness (QED) is 0.825. The zero-order chi connectivity index (χ0) is 17.5. The maximum atomic E-state index is 11.8. The van der Waals surface area contributed by atoms with E-state index in [0.717, 1.165) is 18.7 Å². The SMILES string of the molecule is C#CCNC(=O)c1ccc(NC2CCOC(c3ccccc3)C2)nc1. The van der Waals surface area contributed by atoms with Gasteiger partial charge < -0.3 is 15.4 Å². The van der Waals surface area contributed by atoms with Gasteiger partial charge in [-0.2, -0.15) is 0 Å². The van der Waals surface area contributed by atoms with E-state index < -0.39 is 0 Å². The number of terminal acetylenes is 1. The molecule has 128 valence electrons. The summed E-state index contributed by atoms with van der Waals surface area (Å²) in [6, 6.07) is 14.1. The van der Waals surface area contributed by atoms with Crippen molar-refractivity contribution in [3.8, 4) is 12.3 Å². The van der Waals surface area contributed by atoms with Crippen LogP contribution in [0.1, 0.15) is 34.9 Å². The molecule has 1 saturated heterocycles. The van der Waals surface area contributed by atoms with Crippen LogP contribution in [0.2, 0.25) is 0 Å². The standard InChI is InChI=1S/C20H21N3O2/c1-2-11-21-20(24)16-8-9-19(22-14-16)23-17-10-12-25-18(13-17)15-6-4-3-5-7-15/h1,3-9,14,17-18H,10-13H2,(H,21,24)(H,22,23). The number of rotatable bonds is 5. The minimum Gasteiger partial charge on any atom is -0.373 e. The van der Waals surface area contributed by atoms with Crippen molar-refractivity contribution in [1.29, 1.82) is 0 Å². The average molecular weight is 335 g/mol. The molecule has 1 fully saturated rings. The molecule has 1 aliphatic rings. The summed E-state index contributed by atoms with van der Waals surface area (Å²) < 4.78 is 5.89. The van der Waals surface area contributed by atoms with E-state index in [0.29, 0.717) is 12.2 Å². The van der Waals surface area contributed by atoms with Crippen LogP contribution in [0.5, 0.6) is 0 Å². The average Bonchev–Trinajstić information content (AvgIpc) is 2.67. The summed E-state index contributed by atoms with van der Waals surface area (Å²) in [7, 11) is 0. The molecule has 0 aliphatic carbocycles. The molecule has 1 aliphatic heterocycles. The van der Waals surface area contributed by atoms with Crippen molar-refractivity contribution < 1.29 is 9.53 Å². The Hall–Kier alpha value is -2.84. The van der Waals surface area contributed by atoms with Gasteiger partial charge in [-0.15, -0.1) is 6.42 Å². The summed E-state index contributed by atoms with van der Waals surface area (Å²) in [5.74, 6) is 2.92. The van der Waals surface area contributed by atoms with Crippen LogP contribution in [0.25, 0.3) is 0 Å². The number of nitrogens with one attached hydrogen (secondary N) is 2. The Balaban J connectivity index is 1.58. The Labute approximate surface area is 147 Å². The molecule has 25 heavy (non-hydrogen) atoms. The lowest BCUT2D eigenvalue weighted by molar-refractivity contribution is 0.00974. The monoisotopic (exact) mass is 335 g/mol. The van der Waals surface area contributed by atoms with Crippen molar-refractivity contribution in [2.75, 3.05) is 18.5 Å². The normalized spacial score (nSPS) is 19.6. The number of hydrogen-bond acceptors (Lipinski definition) is 4. The second-order valence-electron chi connectivity index (χ2n) is 5.95. The van der Waals surface area contributed by atoms with E-state index in [9.17, 15) is 4.79 Å². The van der Waals surface area contributed by atoms with E-state index in [1.54, 1.807) is 12.3 Å². The van der Waals surface area contributed by atoms with Gasteiger partial charge in [0.25, 0.3) is 5.91 Å². The first-order chi connectivity index (χ1) is 12.3. The van der Waals surface area contributed by atoms with Gasteiger partial charge in [-0.1, -0.05) is 36.3 Å². The zero-order valence-corrected chi connectivity index (χ0v) is 13.9. The Morgan fingerprint density at radius 1 is 1.28 bits per heavy atom. The summed E-state index contributed by atoms with van der Waals surface area (Å²) in [4.78, 5) is 16.2. The van der Waals surface area contributed by atoms with E-state index in [-0.39, 0.29) is 24.6 Å². The fourth-order valence-electron chi connectivity index (χ4n) is 2.88. The highest BCUT2D eigenvalue weighted by molar-refractivity contribution is 5.94. The first-order valence-corrected chi connectivity index (χ1v) is 8.37. The molecule has 0 saturated carbocycles. The first-order valence-electron chi connectivity index (χ1n) is 8.37. The largest absolute Gasteiger partial charge is 0.373 e. The second kappa shape index (κ2) is 8.32. The first kappa shape index (κ1) is 17.0. The van der Waals surface area contributed by atoms with Gasteiger partial charge in [0.1, 0.15) is 5.82 Å². The van der Waals surface area contributed by atoms with Crippen molar-refractivity contribution in [3.63, 3.8) is 0 Å². The van der Waals surface area contributed by atoms with Crippen LogP contribution in [0, 0.1) is 12.3 Å². The molecule has 5 nitrogen and oxygen atoms in total. The molecule has 2 N–H and O–H groups in total. The van der Waals surface area contributed by atoms with E-state index in [2.05, 4.69) is 33.7 Å². The smallest absolute Gasteiger partial charge is 0.253 e. The van der Waals surface area contributed by atoms with Crippen LogP contribution in [-0.4, -0.2) is 30.1 Å². The third-order valence-corrected chi connectivity index (χ3v) is 4.18. The summed E-state index contributed by atoms with van der Waals surface area (Å²) in [6.07, 6.45) is 8.60. The predicted octanol–water partition coefficient (Wildman–Crippen LogP) is 2.78. The van der Waals surface area contributed by atoms with E-state index in [1.165, 1.54) is 5.56 Å². The van der Waals surface area contributed by atoms with Crippen molar-refractivity contribution >= 4 is 11.7 Å². The fraction of sp³-hybridized carbons (Fsp3) is 0.300. The van der Waals surface area contributed by atoms with Gasteiger partial charge in [0.15, 0.2) is 0 Å². The van der Waals surface area contributed by atoms with Gasteiger partial charge in [0.05, 0.1) is 18.2 Å². The lowest BCUT2D eigenvalue weighted by atomic mass is 9.97. The van der Waals surface area contributed by atoms with Gasteiger partial charge in [0, 0.05) is 18.8 Å². The molecule has 2 atom stereocenters. The molecule has 2 aromatic rings. The van der Waals surface area contributed by atoms with Crippen LogP contribution in [0.4, 0.5) is 5.82 Å². The minimum absolute atomic E-state index is 0.0984. The Kier molecular flexibility index (Phi) is 5.65. The van der Waals surface area contributed by atoms with Crippen molar-refractivity contribution in [3.05, 3.63) is 59.8 Å². The number of amides is 1. The van der Waals surface area contributed by atoms with Crippen molar-refractivity contribution in [1.82, 2.24) is 10.3 Å². The lowest BCUT2D eigenvalue weighted by Crippen LogP contribution is -2.30. The Bertz CT molecular complexity index is 738. The third kappa shape index (κ3) is 4.59. The van der Waals surface area contributed by atoms with Gasteiger partial charge in [0.2, 0.25) is 0 Å². The molecule has 2 heterocycles. The third-order valence-electron chi connectivity index (χ3n) is 4.18. The van der Waals surface area contributed by atoms with Crippen LogP contribution < -0.4 is 10.6 Å². The van der Waals surface area contributed by atoms with Crippen LogP contribution in [-0.2, 0) is 4.74 Å². The molecule has 0 bridgehead atoms. The maximum Gasteiger partial charge on any atom is 0.253 e. The molecule has 1 aromatic carbocycles. The number of nitrogens with zero attached hydrogens (tertiary/aromatic N) is 1. The molecule has 5 heteroatoms. The second-order valence-corrected chi connectivity index (χ2v) is 5.95. The highest BCUT2D eigenvalue weighted by atomic mass is 16.5. The molecule has 0 spiro atoms. The molecular formula is C20H21N3O2. The molecule has 3 rings (SSSR count). The van der Waals surface area contributed by atoms with E-state index in [1.807, 2.05) is 24.3 Å². The lowest BCUT2D eigenvalue weighted by Gasteiger charge is -2.30. The van der Waals surface area contributed by atoms with Crippen LogP contribution in [0.3, 0.4) is 0 Å². The van der Waals surface area contributed by atoms with Gasteiger partial charge in [-0.3, -0.25) is 4.79 Å². The number of hydrogen-bond donors (Lipinski definition) is 2. The molecular weight excluding hydrogens is 314 g/mol. The van der Waals surface area contributed by atoms with Gasteiger partial charge in [-0.05, 0) is 30.5 Å². The highest BCUT2D eigenvalue weighted by Gasteiger charge is 2.24. The van der Waals surface area contributed by atoms with Gasteiger partial charge in [-0.25, -0.2) is 4.98 Å². The number of aromatic nitrogens is 1. The Morgan fingerprint density at radius 3 is 2.84 bits per heavy atom. The number of carbonyl (C=O) groups excluding carboxylic acids is 1. The topological polar surface area (TPSA) is 63.2 Å². The number of ether oxygens (including phenoxy) is 1. The van der Waals surface area contributed by atoms with Crippen molar-refractivity contribution in [2.45, 2.75) is 25.0 Å². The number of anilines is 1. The van der Waals surface area contributed by atoms with Gasteiger partial charge >= 0.3 is 0 Å². The number of benzene rings is 1. The molecule has 0 radical (unpaired) electrons. The maximum absolute atomic E-state index is 11.8. The number of pyridine rings is 1. The predicted molar refractivity (Wildman–Crippen MR) is 97.2 cm³/mol. The molecule has 2 unspecified atom stereocenters. The zero-order valence-electron chi connectivity index (χ0n) is 13.9. The van der Waals surface area contributed by atoms with Crippen LogP contribution >= 0.6 is 0 Å². The fourth-order valence-corrected chi connectivity index (χ4v) is 2.88. The molecule has 1 aromatic heterocycles. The van der Waals surface area contributed by atoms with Crippen molar-refractivity contribution in [2.24, 2.45) is 0 Å². The van der Waals surface area contributed by atoms with Crippen LogP contribution in [0.15, 0.2) is 48.7 Å². The van der Waals surface area contributed by atoms with E-state index in [4.69, 9.17) is 11.2 Å². The summed E-state index contributed by atoms with van der Waals surface area (Å²) in [5.41, 5.74) is 1.69. The summed E-state index contributed by atoms with van der Waals surface area (Å²) in [5, 5.41) is 6.06. The number of carbonyl (C=O) groups is 1. The summed E-state index contributed by atoms with van der Waals surface area (Å²) in [6.45, 7) is 0.922. The minimum atomic E-state index is -0.216. The Morgan fingerprint density at radius 2 is 2.12 bits per heavy atom. The highest BCUT2D eigenvalue weighted by Crippen LogP contribution is 2.29. The van der Waals surface area contributed by atoms with E-state index >= 15 is 0 Å².